The van der Waals surface area contributed by atoms with Gasteiger partial charge < -0.3 is 14.5 Å². The van der Waals surface area contributed by atoms with Gasteiger partial charge in [0.1, 0.15) is 5.75 Å². The van der Waals surface area contributed by atoms with E-state index in [0.29, 0.717) is 31.9 Å². The fourth-order valence-electron chi connectivity index (χ4n) is 3.72. The van der Waals surface area contributed by atoms with Crippen LogP contribution in [-0.4, -0.2) is 53.9 Å². The Morgan fingerprint density at radius 1 is 0.967 bits per heavy atom. The quantitative estimate of drug-likeness (QED) is 0.668. The average molecular weight is 404 g/mol. The third-order valence-corrected chi connectivity index (χ3v) is 5.30. The number of carbonyl (C=O) groups excluding carboxylic acids is 1. The van der Waals surface area contributed by atoms with Crippen molar-refractivity contribution in [2.75, 3.05) is 38.2 Å². The highest BCUT2D eigenvalue weighted by Gasteiger charge is 2.26. The van der Waals surface area contributed by atoms with Crippen LogP contribution in [0, 0.1) is 6.92 Å². The molecule has 4 rings (SSSR count). The molecule has 0 aliphatic carbocycles. The SMILES string of the molecule is COc1ccccc1N1CCN(C(=O)c2nn(-c3ccccc3)c(C)cc2=O)CC1. The molecular formula is C23H24N4O3. The molecule has 0 N–H and O–H groups in total. The van der Waals surface area contributed by atoms with Crippen LogP contribution in [-0.2, 0) is 0 Å². The number of piperazine rings is 1. The Kier molecular flexibility index (Phi) is 5.52. The molecule has 3 aromatic rings. The third kappa shape index (κ3) is 3.78. The number of carbonyl (C=O) groups is 1. The highest BCUT2D eigenvalue weighted by Crippen LogP contribution is 2.28. The minimum atomic E-state index is -0.350. The highest BCUT2D eigenvalue weighted by molar-refractivity contribution is 5.92. The van der Waals surface area contributed by atoms with Gasteiger partial charge in [0.25, 0.3) is 5.91 Å². The number of nitrogens with zero attached hydrogens (tertiary/aromatic N) is 4. The van der Waals surface area contributed by atoms with Crippen molar-refractivity contribution in [1.82, 2.24) is 14.7 Å². The molecule has 0 atom stereocenters. The van der Waals surface area contributed by atoms with Crippen molar-refractivity contribution < 1.29 is 9.53 Å². The molecule has 7 heteroatoms. The Labute approximate surface area is 175 Å². The highest BCUT2D eigenvalue weighted by atomic mass is 16.5. The first-order valence-electron chi connectivity index (χ1n) is 9.92. The molecule has 0 radical (unpaired) electrons. The molecule has 1 aliphatic rings. The summed E-state index contributed by atoms with van der Waals surface area (Å²) < 4.78 is 7.09. The summed E-state index contributed by atoms with van der Waals surface area (Å²) in [5.41, 5.74) is 2.10. The summed E-state index contributed by atoms with van der Waals surface area (Å²) in [6.45, 7) is 4.14. The molecule has 1 aromatic heterocycles. The van der Waals surface area contributed by atoms with Crippen LogP contribution in [0.5, 0.6) is 5.75 Å². The first-order chi connectivity index (χ1) is 14.6. The van der Waals surface area contributed by atoms with Gasteiger partial charge in [-0.3, -0.25) is 9.59 Å². The van der Waals surface area contributed by atoms with Gasteiger partial charge in [-0.1, -0.05) is 30.3 Å². The normalized spacial score (nSPS) is 13.9. The Bertz CT molecular complexity index is 1100. The number of hydrogen-bond acceptors (Lipinski definition) is 5. The summed E-state index contributed by atoms with van der Waals surface area (Å²) in [6.07, 6.45) is 0. The predicted molar refractivity (Wildman–Crippen MR) is 116 cm³/mol. The lowest BCUT2D eigenvalue weighted by atomic mass is 10.2. The minimum absolute atomic E-state index is 0.0461. The van der Waals surface area contributed by atoms with Gasteiger partial charge >= 0.3 is 0 Å². The molecule has 1 aliphatic heterocycles. The number of benzene rings is 2. The van der Waals surface area contributed by atoms with E-state index in [1.165, 1.54) is 6.07 Å². The van der Waals surface area contributed by atoms with Gasteiger partial charge in [0.15, 0.2) is 5.69 Å². The number of aromatic nitrogens is 2. The van der Waals surface area contributed by atoms with Gasteiger partial charge in [-0.2, -0.15) is 5.10 Å². The van der Waals surface area contributed by atoms with Crippen LogP contribution in [0.4, 0.5) is 5.69 Å². The number of rotatable bonds is 4. The summed E-state index contributed by atoms with van der Waals surface area (Å²) in [5.74, 6) is 0.479. The van der Waals surface area contributed by atoms with E-state index in [2.05, 4.69) is 10.00 Å². The Hall–Kier alpha value is -3.61. The van der Waals surface area contributed by atoms with E-state index < -0.39 is 0 Å². The second-order valence-electron chi connectivity index (χ2n) is 7.20. The number of methoxy groups -OCH3 is 1. The molecule has 154 valence electrons. The molecule has 0 unspecified atom stereocenters. The van der Waals surface area contributed by atoms with Crippen LogP contribution in [0.1, 0.15) is 16.2 Å². The zero-order chi connectivity index (χ0) is 21.1. The molecule has 2 aromatic carbocycles. The van der Waals surface area contributed by atoms with Crippen molar-refractivity contribution in [3.63, 3.8) is 0 Å². The largest absolute Gasteiger partial charge is 0.495 e. The number of aryl methyl sites for hydroxylation is 1. The minimum Gasteiger partial charge on any atom is -0.495 e. The van der Waals surface area contributed by atoms with E-state index in [4.69, 9.17) is 4.74 Å². The molecule has 2 heterocycles. The molecule has 30 heavy (non-hydrogen) atoms. The van der Waals surface area contributed by atoms with E-state index >= 15 is 0 Å². The maximum absolute atomic E-state index is 13.1. The summed E-state index contributed by atoms with van der Waals surface area (Å²) in [7, 11) is 1.65. The summed E-state index contributed by atoms with van der Waals surface area (Å²) in [4.78, 5) is 29.5. The second kappa shape index (κ2) is 8.41. The number of ether oxygens (including phenoxy) is 1. The van der Waals surface area contributed by atoms with Crippen molar-refractivity contribution in [3.8, 4) is 11.4 Å². The zero-order valence-electron chi connectivity index (χ0n) is 17.1. The number of anilines is 1. The van der Waals surface area contributed by atoms with Crippen molar-refractivity contribution in [3.05, 3.63) is 82.3 Å². The predicted octanol–water partition coefficient (Wildman–Crippen LogP) is 2.51. The Morgan fingerprint density at radius 2 is 1.63 bits per heavy atom. The fraction of sp³-hybridized carbons (Fsp3) is 0.261. The molecular weight excluding hydrogens is 380 g/mol. The van der Waals surface area contributed by atoms with Gasteiger partial charge in [0.05, 0.1) is 18.5 Å². The van der Waals surface area contributed by atoms with E-state index in [1.54, 1.807) is 16.7 Å². The van der Waals surface area contributed by atoms with Gasteiger partial charge in [0, 0.05) is 37.9 Å². The van der Waals surface area contributed by atoms with Crippen molar-refractivity contribution in [2.24, 2.45) is 0 Å². The first kappa shape index (κ1) is 19.7. The van der Waals surface area contributed by atoms with Crippen LogP contribution < -0.4 is 15.1 Å². The van der Waals surface area contributed by atoms with Crippen molar-refractivity contribution in [2.45, 2.75) is 6.92 Å². The lowest BCUT2D eigenvalue weighted by molar-refractivity contribution is 0.0737. The van der Waals surface area contributed by atoms with Crippen molar-refractivity contribution in [1.29, 1.82) is 0 Å². The second-order valence-corrected chi connectivity index (χ2v) is 7.20. The molecule has 1 fully saturated rings. The van der Waals surface area contributed by atoms with E-state index in [1.807, 2.05) is 61.5 Å². The molecule has 1 saturated heterocycles. The van der Waals surface area contributed by atoms with Gasteiger partial charge in [-0.15, -0.1) is 0 Å². The Morgan fingerprint density at radius 3 is 2.33 bits per heavy atom. The van der Waals surface area contributed by atoms with E-state index in [9.17, 15) is 9.59 Å². The number of hydrogen-bond donors (Lipinski definition) is 0. The number of amides is 1. The van der Waals surface area contributed by atoms with Gasteiger partial charge in [-0.05, 0) is 31.2 Å². The van der Waals surface area contributed by atoms with Gasteiger partial charge in [-0.25, -0.2) is 4.68 Å². The number of para-hydroxylation sites is 3. The molecule has 0 bridgehead atoms. The van der Waals surface area contributed by atoms with E-state index in [0.717, 1.165) is 17.1 Å². The van der Waals surface area contributed by atoms with Crippen molar-refractivity contribution >= 4 is 11.6 Å². The average Bonchev–Trinajstić information content (AvgIpc) is 2.79. The third-order valence-electron chi connectivity index (χ3n) is 5.30. The maximum atomic E-state index is 13.1. The molecule has 7 nitrogen and oxygen atoms in total. The zero-order valence-corrected chi connectivity index (χ0v) is 17.1. The fourth-order valence-corrected chi connectivity index (χ4v) is 3.72. The lowest BCUT2D eigenvalue weighted by Gasteiger charge is -2.36. The monoisotopic (exact) mass is 404 g/mol. The summed E-state index contributed by atoms with van der Waals surface area (Å²) >= 11 is 0. The maximum Gasteiger partial charge on any atom is 0.278 e. The first-order valence-corrected chi connectivity index (χ1v) is 9.92. The summed E-state index contributed by atoms with van der Waals surface area (Å²) in [5, 5.41) is 4.40. The molecule has 0 saturated carbocycles. The topological polar surface area (TPSA) is 67.7 Å². The smallest absolute Gasteiger partial charge is 0.278 e. The van der Waals surface area contributed by atoms with Gasteiger partial charge in [0.2, 0.25) is 5.43 Å². The standard InChI is InChI=1S/C23H24N4O3/c1-17-16-20(28)22(24-27(17)18-8-4-3-5-9-18)23(29)26-14-12-25(13-15-26)19-10-6-7-11-21(19)30-2/h3-11,16H,12-15H2,1-2H3. The summed E-state index contributed by atoms with van der Waals surface area (Å²) in [6, 6.07) is 18.8. The van der Waals surface area contributed by atoms with Crippen LogP contribution in [0.2, 0.25) is 0 Å². The lowest BCUT2D eigenvalue weighted by Crippen LogP contribution is -2.50. The van der Waals surface area contributed by atoms with Crippen LogP contribution in [0.25, 0.3) is 5.69 Å². The van der Waals surface area contributed by atoms with Crippen LogP contribution in [0.3, 0.4) is 0 Å². The van der Waals surface area contributed by atoms with E-state index in [-0.39, 0.29) is 17.0 Å². The van der Waals surface area contributed by atoms with Crippen LogP contribution in [0.15, 0.2) is 65.5 Å². The van der Waals surface area contributed by atoms with Crippen LogP contribution >= 0.6 is 0 Å². The Balaban J connectivity index is 1.54. The molecule has 1 amide bonds. The molecule has 0 spiro atoms.